The number of hydrogen-bond donors (Lipinski definition) is 0. The second-order valence-corrected chi connectivity index (χ2v) is 4.09. The second kappa shape index (κ2) is 10.1. The summed E-state index contributed by atoms with van der Waals surface area (Å²) in [6, 6.07) is 0. The van der Waals surface area contributed by atoms with Gasteiger partial charge in [0.05, 0.1) is 0 Å². The highest BCUT2D eigenvalue weighted by molar-refractivity contribution is 6.29. The van der Waals surface area contributed by atoms with Gasteiger partial charge in [0.15, 0.2) is 0 Å². The van der Waals surface area contributed by atoms with Gasteiger partial charge in [-0.05, 0) is 25.7 Å². The molecule has 0 aliphatic rings. The van der Waals surface area contributed by atoms with Crippen molar-refractivity contribution in [3.63, 3.8) is 0 Å². The topological polar surface area (TPSA) is 0 Å². The van der Waals surface area contributed by atoms with Gasteiger partial charge < -0.3 is 0 Å². The van der Waals surface area contributed by atoms with Gasteiger partial charge in [0.2, 0.25) is 0 Å². The van der Waals surface area contributed by atoms with Gasteiger partial charge in [-0.2, -0.15) is 0 Å². The Balaban J connectivity index is 3.29. The maximum absolute atomic E-state index is 6.06. The summed E-state index contributed by atoms with van der Waals surface area (Å²) in [7, 11) is 0. The number of hydrogen-bond acceptors (Lipinski definition) is 0. The highest BCUT2D eigenvalue weighted by atomic mass is 35.5. The average molecular weight is 203 g/mol. The first-order chi connectivity index (χ1) is 6.31. The molecule has 0 aliphatic heterocycles. The lowest BCUT2D eigenvalue weighted by Crippen LogP contribution is -1.78. The van der Waals surface area contributed by atoms with Gasteiger partial charge in [-0.1, -0.05) is 57.2 Å². The van der Waals surface area contributed by atoms with Crippen molar-refractivity contribution in [2.45, 2.75) is 65.2 Å². The molecule has 0 atom stereocenters. The maximum Gasteiger partial charge on any atom is 0.0141 e. The molecule has 1 heteroatoms. The first-order valence-electron chi connectivity index (χ1n) is 5.65. The molecule has 0 spiro atoms. The minimum Gasteiger partial charge on any atom is -0.0895 e. The van der Waals surface area contributed by atoms with Crippen LogP contribution >= 0.6 is 11.6 Å². The fraction of sp³-hybridized carbons (Fsp3) is 0.833. The van der Waals surface area contributed by atoms with Crippen LogP contribution in [0.15, 0.2) is 11.1 Å². The Hall–Kier alpha value is 0.0300. The first kappa shape index (κ1) is 13.0. The van der Waals surface area contributed by atoms with E-state index in [2.05, 4.69) is 19.9 Å². The SMILES string of the molecule is CCCCC/C=C(\Cl)CCCCC. The maximum atomic E-state index is 6.06. The average Bonchev–Trinajstić information content (AvgIpc) is 2.13. The molecule has 0 saturated carbocycles. The normalized spacial score (nSPS) is 12.1. The van der Waals surface area contributed by atoms with Gasteiger partial charge in [0.1, 0.15) is 0 Å². The van der Waals surface area contributed by atoms with Crippen molar-refractivity contribution in [1.29, 1.82) is 0 Å². The molecule has 0 rings (SSSR count). The van der Waals surface area contributed by atoms with Crippen molar-refractivity contribution in [2.75, 3.05) is 0 Å². The molecule has 0 amide bonds. The lowest BCUT2D eigenvalue weighted by atomic mass is 10.1. The van der Waals surface area contributed by atoms with Gasteiger partial charge in [0, 0.05) is 5.03 Å². The van der Waals surface area contributed by atoms with Crippen molar-refractivity contribution < 1.29 is 0 Å². The summed E-state index contributed by atoms with van der Waals surface area (Å²) in [5.41, 5.74) is 0. The zero-order valence-corrected chi connectivity index (χ0v) is 9.87. The fourth-order valence-electron chi connectivity index (χ4n) is 1.30. The summed E-state index contributed by atoms with van der Waals surface area (Å²) < 4.78 is 0. The van der Waals surface area contributed by atoms with Crippen LogP contribution in [0.4, 0.5) is 0 Å². The molecular weight excluding hydrogens is 180 g/mol. The monoisotopic (exact) mass is 202 g/mol. The molecule has 0 aromatic carbocycles. The molecular formula is C12H23Cl. The van der Waals surface area contributed by atoms with Crippen molar-refractivity contribution >= 4 is 11.6 Å². The van der Waals surface area contributed by atoms with Crippen LogP contribution in [0.3, 0.4) is 0 Å². The second-order valence-electron chi connectivity index (χ2n) is 3.60. The Labute approximate surface area is 88.4 Å². The van der Waals surface area contributed by atoms with Crippen LogP contribution in [-0.2, 0) is 0 Å². The molecule has 0 aromatic rings. The fourth-order valence-corrected chi connectivity index (χ4v) is 1.54. The van der Waals surface area contributed by atoms with Crippen LogP contribution in [0.5, 0.6) is 0 Å². The predicted octanol–water partition coefficient (Wildman–Crippen LogP) is 5.27. The standard InChI is InChI=1S/C12H23Cl/c1-3-5-7-9-11-12(13)10-8-6-4-2/h11H,3-10H2,1-2H3/b12-11-. The van der Waals surface area contributed by atoms with Crippen molar-refractivity contribution in [3.05, 3.63) is 11.1 Å². The van der Waals surface area contributed by atoms with Gasteiger partial charge in [-0.3, -0.25) is 0 Å². The summed E-state index contributed by atoms with van der Waals surface area (Å²) in [6.07, 6.45) is 12.2. The van der Waals surface area contributed by atoms with Crippen LogP contribution in [0.1, 0.15) is 65.2 Å². The number of allylic oxidation sites excluding steroid dienone is 2. The van der Waals surface area contributed by atoms with Crippen LogP contribution in [0.2, 0.25) is 0 Å². The lowest BCUT2D eigenvalue weighted by Gasteiger charge is -1.98. The number of rotatable bonds is 8. The van der Waals surface area contributed by atoms with Crippen LogP contribution in [0.25, 0.3) is 0 Å². The Bertz CT molecular complexity index is 127. The zero-order chi connectivity index (χ0) is 9.94. The highest BCUT2D eigenvalue weighted by Crippen LogP contribution is 2.14. The van der Waals surface area contributed by atoms with E-state index >= 15 is 0 Å². The molecule has 0 radical (unpaired) electrons. The molecule has 78 valence electrons. The smallest absolute Gasteiger partial charge is 0.0141 e. The molecule has 0 bridgehead atoms. The Morgan fingerprint density at radius 2 is 1.62 bits per heavy atom. The largest absolute Gasteiger partial charge is 0.0895 e. The van der Waals surface area contributed by atoms with E-state index < -0.39 is 0 Å². The molecule has 13 heavy (non-hydrogen) atoms. The molecule has 0 saturated heterocycles. The highest BCUT2D eigenvalue weighted by Gasteiger charge is 1.92. The van der Waals surface area contributed by atoms with E-state index in [1.807, 2.05) is 0 Å². The van der Waals surface area contributed by atoms with Crippen molar-refractivity contribution in [3.8, 4) is 0 Å². The third-order valence-corrected chi connectivity index (χ3v) is 2.54. The molecule has 0 fully saturated rings. The Morgan fingerprint density at radius 1 is 1.00 bits per heavy atom. The summed E-state index contributed by atoms with van der Waals surface area (Å²) in [4.78, 5) is 0. The third-order valence-electron chi connectivity index (χ3n) is 2.19. The van der Waals surface area contributed by atoms with Gasteiger partial charge in [-0.25, -0.2) is 0 Å². The minimum atomic E-state index is 1.07. The number of unbranched alkanes of at least 4 members (excludes halogenated alkanes) is 5. The Kier molecular flexibility index (Phi) is 10.1. The quantitative estimate of drug-likeness (QED) is 0.471. The lowest BCUT2D eigenvalue weighted by molar-refractivity contribution is 0.711. The summed E-state index contributed by atoms with van der Waals surface area (Å²) in [5.74, 6) is 0. The van der Waals surface area contributed by atoms with Gasteiger partial charge >= 0.3 is 0 Å². The summed E-state index contributed by atoms with van der Waals surface area (Å²) in [6.45, 7) is 4.45. The molecule has 0 aromatic heterocycles. The van der Waals surface area contributed by atoms with Gasteiger partial charge in [-0.15, -0.1) is 0 Å². The van der Waals surface area contributed by atoms with E-state index in [1.165, 1.54) is 44.9 Å². The van der Waals surface area contributed by atoms with Gasteiger partial charge in [0.25, 0.3) is 0 Å². The predicted molar refractivity (Wildman–Crippen MR) is 62.2 cm³/mol. The zero-order valence-electron chi connectivity index (χ0n) is 9.11. The van der Waals surface area contributed by atoms with E-state index in [9.17, 15) is 0 Å². The summed E-state index contributed by atoms with van der Waals surface area (Å²) >= 11 is 6.06. The van der Waals surface area contributed by atoms with Crippen LogP contribution < -0.4 is 0 Å². The Morgan fingerprint density at radius 3 is 2.23 bits per heavy atom. The molecule has 0 nitrogen and oxygen atoms in total. The van der Waals surface area contributed by atoms with Crippen molar-refractivity contribution in [1.82, 2.24) is 0 Å². The van der Waals surface area contributed by atoms with E-state index in [4.69, 9.17) is 11.6 Å². The minimum absolute atomic E-state index is 1.07. The molecule has 0 unspecified atom stereocenters. The number of halogens is 1. The van der Waals surface area contributed by atoms with Crippen molar-refractivity contribution in [2.24, 2.45) is 0 Å². The van der Waals surface area contributed by atoms with E-state index in [1.54, 1.807) is 0 Å². The molecule has 0 aliphatic carbocycles. The van der Waals surface area contributed by atoms with E-state index in [0.717, 1.165) is 11.5 Å². The van der Waals surface area contributed by atoms with E-state index in [-0.39, 0.29) is 0 Å². The molecule has 0 N–H and O–H groups in total. The van der Waals surface area contributed by atoms with Crippen LogP contribution in [-0.4, -0.2) is 0 Å². The van der Waals surface area contributed by atoms with E-state index in [0.29, 0.717) is 0 Å². The molecule has 0 heterocycles. The van der Waals surface area contributed by atoms with Crippen LogP contribution in [0, 0.1) is 0 Å². The first-order valence-corrected chi connectivity index (χ1v) is 6.03. The summed E-state index contributed by atoms with van der Waals surface area (Å²) in [5, 5.41) is 1.07. The third kappa shape index (κ3) is 9.95.